The summed E-state index contributed by atoms with van der Waals surface area (Å²) < 4.78 is 5.71. The lowest BCUT2D eigenvalue weighted by molar-refractivity contribution is -0.128. The number of aliphatic hydroxyl groups is 1. The second kappa shape index (κ2) is 6.91. The van der Waals surface area contributed by atoms with Gasteiger partial charge in [0.15, 0.2) is 0 Å². The van der Waals surface area contributed by atoms with E-state index < -0.39 is 6.10 Å². The van der Waals surface area contributed by atoms with Gasteiger partial charge in [-0.15, -0.1) is 0 Å². The molecule has 1 aliphatic rings. The van der Waals surface area contributed by atoms with Crippen molar-refractivity contribution in [2.75, 3.05) is 26.7 Å². The van der Waals surface area contributed by atoms with Crippen LogP contribution in [0, 0.1) is 13.8 Å². The number of likely N-dealkylation sites (N-methyl/N-ethyl adjacent to an activating group) is 1. The van der Waals surface area contributed by atoms with Crippen molar-refractivity contribution in [2.45, 2.75) is 32.4 Å². The van der Waals surface area contributed by atoms with E-state index in [-0.39, 0.29) is 18.6 Å². The van der Waals surface area contributed by atoms with Crippen LogP contribution in [0.2, 0.25) is 0 Å². The summed E-state index contributed by atoms with van der Waals surface area (Å²) in [5.41, 5.74) is 2.12. The van der Waals surface area contributed by atoms with Crippen LogP contribution in [0.25, 0.3) is 0 Å². The fraction of sp³-hybridized carbons (Fsp3) is 0.562. The first-order chi connectivity index (χ1) is 9.99. The van der Waals surface area contributed by atoms with E-state index in [1.54, 1.807) is 11.9 Å². The van der Waals surface area contributed by atoms with Gasteiger partial charge >= 0.3 is 0 Å². The lowest BCUT2D eigenvalue weighted by Gasteiger charge is -2.18. The Bertz CT molecular complexity index is 484. The predicted molar refractivity (Wildman–Crippen MR) is 81.5 cm³/mol. The van der Waals surface area contributed by atoms with Gasteiger partial charge in [-0.1, -0.05) is 18.2 Å². The fourth-order valence-corrected chi connectivity index (χ4v) is 2.56. The fourth-order valence-electron chi connectivity index (χ4n) is 2.56. The van der Waals surface area contributed by atoms with Crippen LogP contribution in [-0.2, 0) is 4.79 Å². The van der Waals surface area contributed by atoms with Crippen molar-refractivity contribution in [3.63, 3.8) is 0 Å². The number of aliphatic hydroxyl groups excluding tert-OH is 1. The quantitative estimate of drug-likeness (QED) is 0.816. The molecule has 0 bridgehead atoms. The Morgan fingerprint density at radius 2 is 2.10 bits per heavy atom. The average molecular weight is 292 g/mol. The summed E-state index contributed by atoms with van der Waals surface area (Å²) in [5, 5.41) is 13.1. The van der Waals surface area contributed by atoms with Crippen LogP contribution in [0.3, 0.4) is 0 Å². The van der Waals surface area contributed by atoms with Crippen LogP contribution >= 0.6 is 0 Å². The minimum atomic E-state index is -0.636. The Morgan fingerprint density at radius 1 is 1.43 bits per heavy atom. The zero-order valence-corrected chi connectivity index (χ0v) is 12.9. The number of carbonyl (C=O) groups is 1. The molecule has 1 aliphatic heterocycles. The molecule has 1 aromatic carbocycles. The van der Waals surface area contributed by atoms with Crippen LogP contribution in [0.4, 0.5) is 0 Å². The first-order valence-corrected chi connectivity index (χ1v) is 7.34. The van der Waals surface area contributed by atoms with Gasteiger partial charge in [0.2, 0.25) is 5.91 Å². The molecular formula is C16H24N2O3. The Labute approximate surface area is 125 Å². The van der Waals surface area contributed by atoms with Crippen LogP contribution in [0.5, 0.6) is 5.75 Å². The van der Waals surface area contributed by atoms with Crippen molar-refractivity contribution in [2.24, 2.45) is 0 Å². The number of amides is 1. The molecule has 5 nitrogen and oxygen atoms in total. The van der Waals surface area contributed by atoms with Crippen LogP contribution in [0.15, 0.2) is 18.2 Å². The third-order valence-electron chi connectivity index (χ3n) is 3.86. The molecule has 0 aromatic heterocycles. The molecule has 0 saturated carbocycles. The number of hydrogen-bond acceptors (Lipinski definition) is 4. The van der Waals surface area contributed by atoms with Crippen LogP contribution < -0.4 is 10.1 Å². The largest absolute Gasteiger partial charge is 0.490 e. The van der Waals surface area contributed by atoms with Crippen molar-refractivity contribution in [3.05, 3.63) is 29.3 Å². The molecule has 5 heteroatoms. The van der Waals surface area contributed by atoms with Crippen LogP contribution in [0.1, 0.15) is 17.5 Å². The van der Waals surface area contributed by atoms with Gasteiger partial charge in [0.05, 0.1) is 6.04 Å². The monoisotopic (exact) mass is 292 g/mol. The first kappa shape index (κ1) is 15.8. The highest BCUT2D eigenvalue weighted by Crippen LogP contribution is 2.22. The number of hydrogen-bond donors (Lipinski definition) is 2. The summed E-state index contributed by atoms with van der Waals surface area (Å²) in [6.45, 7) is 5.32. The molecule has 2 unspecified atom stereocenters. The molecule has 2 atom stereocenters. The standard InChI is InChI=1S/C16H24N2O3/c1-11-5-4-6-12(2)15(11)21-10-13(19)9-17-14-7-8-18(3)16(14)20/h4-6,13-14,17,19H,7-10H2,1-3H3. The Kier molecular flexibility index (Phi) is 5.20. The number of para-hydroxylation sites is 1. The molecule has 1 heterocycles. The average Bonchev–Trinajstić information content (AvgIpc) is 2.76. The van der Waals surface area contributed by atoms with Gasteiger partial charge in [-0.3, -0.25) is 4.79 Å². The van der Waals surface area contributed by atoms with E-state index in [4.69, 9.17) is 4.74 Å². The molecule has 0 aliphatic carbocycles. The summed E-state index contributed by atoms with van der Waals surface area (Å²) in [4.78, 5) is 13.4. The Balaban J connectivity index is 1.78. The minimum Gasteiger partial charge on any atom is -0.490 e. The highest BCUT2D eigenvalue weighted by molar-refractivity contribution is 5.83. The molecule has 1 amide bonds. The zero-order valence-electron chi connectivity index (χ0n) is 12.9. The SMILES string of the molecule is Cc1cccc(C)c1OCC(O)CNC1CCN(C)C1=O. The van der Waals surface area contributed by atoms with E-state index in [2.05, 4.69) is 5.32 Å². The van der Waals surface area contributed by atoms with Gasteiger partial charge in [-0.2, -0.15) is 0 Å². The summed E-state index contributed by atoms with van der Waals surface area (Å²) >= 11 is 0. The zero-order chi connectivity index (χ0) is 15.4. The van der Waals surface area contributed by atoms with E-state index in [0.29, 0.717) is 6.54 Å². The number of benzene rings is 1. The molecule has 0 spiro atoms. The molecule has 116 valence electrons. The second-order valence-corrected chi connectivity index (χ2v) is 5.70. The molecule has 0 radical (unpaired) electrons. The number of carbonyl (C=O) groups excluding carboxylic acids is 1. The molecule has 1 aromatic rings. The first-order valence-electron chi connectivity index (χ1n) is 7.34. The van der Waals surface area contributed by atoms with E-state index in [1.165, 1.54) is 0 Å². The predicted octanol–water partition coefficient (Wildman–Crippen LogP) is 0.863. The topological polar surface area (TPSA) is 61.8 Å². The smallest absolute Gasteiger partial charge is 0.239 e. The highest BCUT2D eigenvalue weighted by Gasteiger charge is 2.28. The lowest BCUT2D eigenvalue weighted by Crippen LogP contribution is -2.42. The highest BCUT2D eigenvalue weighted by atomic mass is 16.5. The van der Waals surface area contributed by atoms with Crippen molar-refractivity contribution in [1.29, 1.82) is 0 Å². The van der Waals surface area contributed by atoms with Crippen molar-refractivity contribution < 1.29 is 14.6 Å². The number of rotatable bonds is 6. The van der Waals surface area contributed by atoms with Crippen LogP contribution in [-0.4, -0.2) is 54.8 Å². The Morgan fingerprint density at radius 3 is 2.67 bits per heavy atom. The lowest BCUT2D eigenvalue weighted by atomic mass is 10.1. The van der Waals surface area contributed by atoms with E-state index in [1.807, 2.05) is 32.0 Å². The van der Waals surface area contributed by atoms with Crippen molar-refractivity contribution in [3.8, 4) is 5.75 Å². The minimum absolute atomic E-state index is 0.0952. The van der Waals surface area contributed by atoms with Crippen molar-refractivity contribution >= 4 is 5.91 Å². The second-order valence-electron chi connectivity index (χ2n) is 5.70. The number of nitrogens with zero attached hydrogens (tertiary/aromatic N) is 1. The summed E-state index contributed by atoms with van der Waals surface area (Å²) in [5.74, 6) is 0.922. The van der Waals surface area contributed by atoms with Gasteiger partial charge in [0.1, 0.15) is 18.5 Å². The number of likely N-dealkylation sites (tertiary alicyclic amines) is 1. The maximum Gasteiger partial charge on any atom is 0.239 e. The number of nitrogens with one attached hydrogen (secondary N) is 1. The number of ether oxygens (including phenoxy) is 1. The summed E-state index contributed by atoms with van der Waals surface area (Å²) in [6.07, 6.45) is 0.155. The molecule has 21 heavy (non-hydrogen) atoms. The van der Waals surface area contributed by atoms with Gasteiger partial charge in [0, 0.05) is 20.1 Å². The van der Waals surface area contributed by atoms with Crippen molar-refractivity contribution in [1.82, 2.24) is 10.2 Å². The molecule has 1 fully saturated rings. The maximum atomic E-state index is 11.7. The van der Waals surface area contributed by atoms with E-state index in [0.717, 1.165) is 29.8 Å². The maximum absolute atomic E-state index is 11.7. The van der Waals surface area contributed by atoms with Gasteiger partial charge in [-0.05, 0) is 31.4 Å². The van der Waals surface area contributed by atoms with E-state index >= 15 is 0 Å². The third kappa shape index (κ3) is 3.95. The molecule has 2 N–H and O–H groups in total. The molecule has 1 saturated heterocycles. The number of aryl methyl sites for hydroxylation is 2. The Hall–Kier alpha value is -1.59. The molecular weight excluding hydrogens is 268 g/mol. The summed E-state index contributed by atoms with van der Waals surface area (Å²) in [6, 6.07) is 5.78. The summed E-state index contributed by atoms with van der Waals surface area (Å²) in [7, 11) is 1.80. The normalized spacial score (nSPS) is 19.9. The third-order valence-corrected chi connectivity index (χ3v) is 3.86. The van der Waals surface area contributed by atoms with Gasteiger partial charge in [0.25, 0.3) is 0 Å². The van der Waals surface area contributed by atoms with Gasteiger partial charge < -0.3 is 20.1 Å². The van der Waals surface area contributed by atoms with E-state index in [9.17, 15) is 9.90 Å². The van der Waals surface area contributed by atoms with Gasteiger partial charge in [-0.25, -0.2) is 0 Å². The molecule has 2 rings (SSSR count).